The SMILES string of the molecule is N[C@H](Cc1ccccc1)C(=O)NC1CCCCNC(=O)[C@H](Cc2c[nH]c3ccccc23)NC(=O)C(Cc2ccc(O)cc2)NC1=O. The summed E-state index contributed by atoms with van der Waals surface area (Å²) < 4.78 is 0. The van der Waals surface area contributed by atoms with Crippen LogP contribution in [0.25, 0.3) is 10.9 Å². The molecule has 4 atom stereocenters. The number of amides is 4. The van der Waals surface area contributed by atoms with Crippen molar-refractivity contribution in [3.63, 3.8) is 0 Å². The first-order chi connectivity index (χ1) is 22.3. The summed E-state index contributed by atoms with van der Waals surface area (Å²) in [6.45, 7) is 0.339. The van der Waals surface area contributed by atoms with E-state index in [0.717, 1.165) is 22.0 Å². The lowest BCUT2D eigenvalue weighted by Crippen LogP contribution is -2.58. The van der Waals surface area contributed by atoms with Crippen LogP contribution >= 0.6 is 0 Å². The maximum Gasteiger partial charge on any atom is 0.243 e. The summed E-state index contributed by atoms with van der Waals surface area (Å²) in [7, 11) is 0. The average molecular weight is 625 g/mol. The number of nitrogens with two attached hydrogens (primary N) is 1. The van der Waals surface area contributed by atoms with Gasteiger partial charge in [-0.2, -0.15) is 0 Å². The molecule has 0 aliphatic carbocycles. The largest absolute Gasteiger partial charge is 0.508 e. The molecule has 0 bridgehead atoms. The van der Waals surface area contributed by atoms with Crippen molar-refractivity contribution in [2.45, 2.75) is 62.7 Å². The summed E-state index contributed by atoms with van der Waals surface area (Å²) in [5, 5.41) is 22.1. The van der Waals surface area contributed by atoms with Crippen LogP contribution in [0.3, 0.4) is 0 Å². The van der Waals surface area contributed by atoms with Crippen LogP contribution in [-0.4, -0.2) is 64.4 Å². The number of para-hydroxylation sites is 1. The highest BCUT2D eigenvalue weighted by atomic mass is 16.3. The average Bonchev–Trinajstić information content (AvgIpc) is 3.47. The van der Waals surface area contributed by atoms with E-state index in [1.165, 1.54) is 12.1 Å². The number of phenols is 1. The van der Waals surface area contributed by atoms with E-state index in [-0.39, 0.29) is 30.9 Å². The minimum Gasteiger partial charge on any atom is -0.508 e. The molecule has 1 fully saturated rings. The summed E-state index contributed by atoms with van der Waals surface area (Å²) in [6.07, 6.45) is 3.84. The van der Waals surface area contributed by atoms with E-state index in [1.54, 1.807) is 12.1 Å². The zero-order valence-corrected chi connectivity index (χ0v) is 25.5. The number of hydrogen-bond donors (Lipinski definition) is 7. The van der Waals surface area contributed by atoms with Gasteiger partial charge in [-0.3, -0.25) is 19.2 Å². The summed E-state index contributed by atoms with van der Waals surface area (Å²) in [4.78, 5) is 57.3. The smallest absolute Gasteiger partial charge is 0.243 e. The van der Waals surface area contributed by atoms with Crippen LogP contribution in [0.2, 0.25) is 0 Å². The Morgan fingerprint density at radius 1 is 0.826 bits per heavy atom. The van der Waals surface area contributed by atoms with Gasteiger partial charge in [0.2, 0.25) is 23.6 Å². The van der Waals surface area contributed by atoms with Crippen LogP contribution in [-0.2, 0) is 38.4 Å². The van der Waals surface area contributed by atoms with Crippen LogP contribution in [0.1, 0.15) is 36.0 Å². The lowest BCUT2D eigenvalue weighted by Gasteiger charge is -2.25. The predicted octanol–water partition coefficient (Wildman–Crippen LogP) is 1.98. The maximum atomic E-state index is 13.9. The van der Waals surface area contributed by atoms with Crippen LogP contribution in [0.4, 0.5) is 0 Å². The molecule has 2 heterocycles. The molecule has 8 N–H and O–H groups in total. The van der Waals surface area contributed by atoms with Gasteiger partial charge in [-0.25, -0.2) is 0 Å². The second-order valence-corrected chi connectivity index (χ2v) is 11.7. The molecule has 5 rings (SSSR count). The number of hydrogen-bond acceptors (Lipinski definition) is 6. The van der Waals surface area contributed by atoms with Crippen molar-refractivity contribution in [1.82, 2.24) is 26.3 Å². The Morgan fingerprint density at radius 2 is 1.52 bits per heavy atom. The van der Waals surface area contributed by atoms with Crippen LogP contribution in [0, 0.1) is 0 Å². The van der Waals surface area contributed by atoms with E-state index in [9.17, 15) is 24.3 Å². The Bertz CT molecular complexity index is 1660. The molecule has 2 unspecified atom stereocenters. The van der Waals surface area contributed by atoms with Crippen molar-refractivity contribution in [3.8, 4) is 5.75 Å². The zero-order chi connectivity index (χ0) is 32.5. The molecule has 0 spiro atoms. The second-order valence-electron chi connectivity index (χ2n) is 11.7. The van der Waals surface area contributed by atoms with Gasteiger partial charge in [-0.1, -0.05) is 60.7 Å². The highest BCUT2D eigenvalue weighted by Gasteiger charge is 2.31. The highest BCUT2D eigenvalue weighted by molar-refractivity contribution is 5.95. The Morgan fingerprint density at radius 3 is 2.30 bits per heavy atom. The molecule has 1 aliphatic rings. The molecule has 0 radical (unpaired) electrons. The standard InChI is InChI=1S/C35H40N6O5/c36-27(18-22-8-2-1-3-9-22)32(43)39-29-12-6-7-17-37-33(44)31(20-24-21-38-28-11-5-4-10-26(24)28)41-35(46)30(40-34(29)45)19-23-13-15-25(42)16-14-23/h1-5,8-11,13-16,21,27,29-31,38,42H,6-7,12,17-20,36H2,(H,37,44)(H,39,43)(H,40,45)(H,41,46)/t27-,29?,30?,31+/m1/s1. The number of carbonyl (C=O) groups excluding carboxylic acids is 4. The van der Waals surface area contributed by atoms with E-state index >= 15 is 0 Å². The molecule has 46 heavy (non-hydrogen) atoms. The molecule has 11 nitrogen and oxygen atoms in total. The predicted molar refractivity (Wildman–Crippen MR) is 175 cm³/mol. The number of rotatable bonds is 8. The topological polar surface area (TPSA) is 178 Å². The Kier molecular flexibility index (Phi) is 10.7. The molecule has 0 saturated carbocycles. The zero-order valence-electron chi connectivity index (χ0n) is 25.5. The molecule has 1 aromatic heterocycles. The number of carbonyl (C=O) groups is 4. The first kappa shape index (κ1) is 32.2. The van der Waals surface area contributed by atoms with Gasteiger partial charge in [-0.15, -0.1) is 0 Å². The van der Waals surface area contributed by atoms with Crippen LogP contribution in [0.15, 0.2) is 85.1 Å². The Labute approximate surface area is 267 Å². The molecular formula is C35H40N6O5. The Hall–Kier alpha value is -5.16. The van der Waals surface area contributed by atoms with Gasteiger partial charge in [0.25, 0.3) is 0 Å². The molecule has 4 aromatic rings. The van der Waals surface area contributed by atoms with Crippen molar-refractivity contribution in [3.05, 3.63) is 102 Å². The Balaban J connectivity index is 1.36. The highest BCUT2D eigenvalue weighted by Crippen LogP contribution is 2.20. The molecule has 4 amide bonds. The normalized spacial score (nSPS) is 20.3. The second kappa shape index (κ2) is 15.2. The van der Waals surface area contributed by atoms with Crippen molar-refractivity contribution < 1.29 is 24.3 Å². The lowest BCUT2D eigenvalue weighted by molar-refractivity contribution is -0.133. The van der Waals surface area contributed by atoms with E-state index in [1.807, 2.05) is 60.8 Å². The van der Waals surface area contributed by atoms with Gasteiger partial charge in [0, 0.05) is 36.5 Å². The number of aromatic amines is 1. The number of phenolic OH excluding ortho intramolecular Hbond substituents is 1. The minimum absolute atomic E-state index is 0.0669. The molecule has 11 heteroatoms. The van der Waals surface area contributed by atoms with Crippen molar-refractivity contribution in [2.75, 3.05) is 6.54 Å². The number of H-pyrrole nitrogens is 1. The molecular weight excluding hydrogens is 584 g/mol. The summed E-state index contributed by atoms with van der Waals surface area (Å²) in [6, 6.07) is 19.6. The summed E-state index contributed by atoms with van der Waals surface area (Å²) in [5.74, 6) is -1.81. The van der Waals surface area contributed by atoms with Gasteiger partial charge in [-0.05, 0) is 60.6 Å². The van der Waals surface area contributed by atoms with E-state index in [4.69, 9.17) is 5.73 Å². The summed E-state index contributed by atoms with van der Waals surface area (Å²) >= 11 is 0. The third-order valence-corrected chi connectivity index (χ3v) is 8.23. The number of aromatic hydroxyl groups is 1. The van der Waals surface area contributed by atoms with Crippen LogP contribution in [0.5, 0.6) is 5.75 Å². The molecule has 1 aliphatic heterocycles. The van der Waals surface area contributed by atoms with Gasteiger partial charge in [0.1, 0.15) is 23.9 Å². The fourth-order valence-corrected chi connectivity index (χ4v) is 5.67. The molecule has 3 aromatic carbocycles. The first-order valence-corrected chi connectivity index (χ1v) is 15.6. The molecule has 240 valence electrons. The summed E-state index contributed by atoms with van der Waals surface area (Å²) in [5.41, 5.74) is 9.58. The minimum atomic E-state index is -1.08. The number of aromatic nitrogens is 1. The number of nitrogens with one attached hydrogen (secondary N) is 5. The number of benzene rings is 3. The monoisotopic (exact) mass is 624 g/mol. The van der Waals surface area contributed by atoms with E-state index in [0.29, 0.717) is 31.4 Å². The fraction of sp³-hybridized carbons (Fsp3) is 0.314. The third kappa shape index (κ3) is 8.51. The first-order valence-electron chi connectivity index (χ1n) is 15.6. The van der Waals surface area contributed by atoms with Crippen molar-refractivity contribution >= 4 is 34.5 Å². The fourth-order valence-electron chi connectivity index (χ4n) is 5.67. The van der Waals surface area contributed by atoms with Gasteiger partial charge >= 0.3 is 0 Å². The maximum absolute atomic E-state index is 13.9. The van der Waals surface area contributed by atoms with Gasteiger partial charge in [0.15, 0.2) is 0 Å². The van der Waals surface area contributed by atoms with Crippen molar-refractivity contribution in [2.24, 2.45) is 5.73 Å². The lowest BCUT2D eigenvalue weighted by atomic mass is 10.0. The van der Waals surface area contributed by atoms with E-state index < -0.39 is 41.9 Å². The quantitative estimate of drug-likeness (QED) is 0.158. The van der Waals surface area contributed by atoms with Crippen molar-refractivity contribution in [1.29, 1.82) is 0 Å². The van der Waals surface area contributed by atoms with Gasteiger partial charge in [0.05, 0.1) is 6.04 Å². The molecule has 1 saturated heterocycles. The number of fused-ring (bicyclic) bond motifs is 1. The van der Waals surface area contributed by atoms with E-state index in [2.05, 4.69) is 26.3 Å². The van der Waals surface area contributed by atoms with Gasteiger partial charge < -0.3 is 37.1 Å². The van der Waals surface area contributed by atoms with Crippen LogP contribution < -0.4 is 27.0 Å². The third-order valence-electron chi connectivity index (χ3n) is 8.23.